The molecule has 31 heavy (non-hydrogen) atoms. The van der Waals surface area contributed by atoms with Crippen LogP contribution >= 0.6 is 0 Å². The summed E-state index contributed by atoms with van der Waals surface area (Å²) in [5.74, 6) is 1.35. The van der Waals surface area contributed by atoms with E-state index in [2.05, 4.69) is 20.8 Å². The smallest absolute Gasteiger partial charge is 0.132 e. The number of carbonyl (C=O) groups excluding carboxylic acids is 1. The van der Waals surface area contributed by atoms with Gasteiger partial charge in [-0.1, -0.05) is 156 Å². The third-order valence-corrected chi connectivity index (χ3v) is 7.07. The Hall–Kier alpha value is -0.330. The molecule has 0 N–H and O–H groups in total. The molecule has 0 aromatic heterocycles. The molecule has 0 aromatic rings. The van der Waals surface area contributed by atoms with Crippen molar-refractivity contribution in [1.29, 1.82) is 0 Å². The Bertz CT molecular complexity index is 348. The molecule has 0 aliphatic rings. The Morgan fingerprint density at radius 1 is 0.419 bits per heavy atom. The first-order chi connectivity index (χ1) is 15.2. The van der Waals surface area contributed by atoms with Gasteiger partial charge in [0.2, 0.25) is 0 Å². The molecule has 0 saturated carbocycles. The molecule has 0 fully saturated rings. The summed E-state index contributed by atoms with van der Waals surface area (Å²) in [6.07, 6.45) is 32.9. The number of ketones is 1. The molecule has 186 valence electrons. The quantitative estimate of drug-likeness (QED) is 0.123. The highest BCUT2D eigenvalue weighted by molar-refractivity contribution is 5.78. The highest BCUT2D eigenvalue weighted by Crippen LogP contribution is 2.24. The van der Waals surface area contributed by atoms with E-state index in [1.54, 1.807) is 0 Å². The van der Waals surface area contributed by atoms with Gasteiger partial charge < -0.3 is 0 Å². The van der Waals surface area contributed by atoms with Crippen molar-refractivity contribution in [2.24, 2.45) is 5.92 Å². The largest absolute Gasteiger partial charge is 0.300 e. The first-order valence-corrected chi connectivity index (χ1v) is 14.8. The van der Waals surface area contributed by atoms with Crippen molar-refractivity contribution >= 4 is 5.78 Å². The zero-order valence-corrected chi connectivity index (χ0v) is 22.2. The maximum absolute atomic E-state index is 12.4. The van der Waals surface area contributed by atoms with E-state index in [0.717, 1.165) is 25.2 Å². The maximum Gasteiger partial charge on any atom is 0.132 e. The van der Waals surface area contributed by atoms with Crippen LogP contribution in [0.2, 0.25) is 0 Å². The van der Waals surface area contributed by atoms with E-state index in [0.29, 0.717) is 5.78 Å². The van der Waals surface area contributed by atoms with Crippen LogP contribution in [0.25, 0.3) is 0 Å². The minimum Gasteiger partial charge on any atom is -0.300 e. The Balaban J connectivity index is 3.97. The number of hydrogen-bond donors (Lipinski definition) is 0. The van der Waals surface area contributed by atoms with E-state index < -0.39 is 0 Å². The lowest BCUT2D eigenvalue weighted by atomic mass is 9.89. The van der Waals surface area contributed by atoms with Crippen LogP contribution in [0.3, 0.4) is 0 Å². The fourth-order valence-corrected chi connectivity index (χ4v) is 4.81. The number of unbranched alkanes of at least 4 members (excludes halogenated alkanes) is 17. The van der Waals surface area contributed by atoms with E-state index in [1.807, 2.05) is 0 Å². The zero-order chi connectivity index (χ0) is 22.8. The third kappa shape index (κ3) is 24.1. The predicted octanol–water partition coefficient (Wildman–Crippen LogP) is 11.0. The maximum atomic E-state index is 12.4. The molecule has 0 aliphatic carbocycles. The summed E-state index contributed by atoms with van der Waals surface area (Å²) < 4.78 is 0. The van der Waals surface area contributed by atoms with Crippen molar-refractivity contribution in [1.82, 2.24) is 0 Å². The molecule has 0 aromatic carbocycles. The molecule has 0 rings (SSSR count). The van der Waals surface area contributed by atoms with E-state index >= 15 is 0 Å². The number of carbonyl (C=O) groups is 1. The molecular formula is C30H60O. The molecule has 0 bridgehead atoms. The standard InChI is InChI=1S/C30H60O/c1-4-7-10-13-16-17-19-22-25-29(24-21-18-14-11-8-5-2)27-28-30(31)26-23-20-15-12-9-6-3/h29H,4-28H2,1-3H3. The number of hydrogen-bond acceptors (Lipinski definition) is 1. The lowest BCUT2D eigenvalue weighted by Crippen LogP contribution is -2.06. The van der Waals surface area contributed by atoms with Crippen molar-refractivity contribution in [2.75, 3.05) is 0 Å². The van der Waals surface area contributed by atoms with Gasteiger partial charge in [0.25, 0.3) is 0 Å². The van der Waals surface area contributed by atoms with Gasteiger partial charge in [-0.15, -0.1) is 0 Å². The van der Waals surface area contributed by atoms with Gasteiger partial charge in [-0.3, -0.25) is 4.79 Å². The number of rotatable bonds is 26. The van der Waals surface area contributed by atoms with Crippen molar-refractivity contribution in [3.63, 3.8) is 0 Å². The minimum atomic E-state index is 0.541. The second-order valence-electron chi connectivity index (χ2n) is 10.3. The van der Waals surface area contributed by atoms with Crippen molar-refractivity contribution in [3.8, 4) is 0 Å². The second-order valence-corrected chi connectivity index (χ2v) is 10.3. The summed E-state index contributed by atoms with van der Waals surface area (Å²) in [6.45, 7) is 6.85. The molecule has 1 nitrogen and oxygen atoms in total. The van der Waals surface area contributed by atoms with Crippen LogP contribution in [0.1, 0.15) is 181 Å². The van der Waals surface area contributed by atoms with Crippen LogP contribution in [-0.4, -0.2) is 5.78 Å². The molecule has 0 radical (unpaired) electrons. The van der Waals surface area contributed by atoms with Gasteiger partial charge in [0, 0.05) is 12.8 Å². The van der Waals surface area contributed by atoms with Gasteiger partial charge in [0.05, 0.1) is 0 Å². The van der Waals surface area contributed by atoms with Gasteiger partial charge in [-0.2, -0.15) is 0 Å². The van der Waals surface area contributed by atoms with E-state index in [1.165, 1.54) is 141 Å². The molecule has 0 amide bonds. The molecule has 0 saturated heterocycles. The van der Waals surface area contributed by atoms with Gasteiger partial charge >= 0.3 is 0 Å². The molecule has 1 heteroatoms. The average Bonchev–Trinajstić information content (AvgIpc) is 2.77. The fraction of sp³-hybridized carbons (Fsp3) is 0.967. The molecule has 1 atom stereocenters. The van der Waals surface area contributed by atoms with Crippen LogP contribution in [0.15, 0.2) is 0 Å². The molecule has 0 heterocycles. The summed E-state index contributed by atoms with van der Waals surface area (Å²) in [5.41, 5.74) is 0. The summed E-state index contributed by atoms with van der Waals surface area (Å²) >= 11 is 0. The van der Waals surface area contributed by atoms with Crippen LogP contribution in [0.4, 0.5) is 0 Å². The van der Waals surface area contributed by atoms with Crippen molar-refractivity contribution in [3.05, 3.63) is 0 Å². The highest BCUT2D eigenvalue weighted by Gasteiger charge is 2.11. The Kier molecular flexibility index (Phi) is 25.7. The molecular weight excluding hydrogens is 376 g/mol. The Morgan fingerprint density at radius 3 is 1.19 bits per heavy atom. The molecule has 0 spiro atoms. The molecule has 1 unspecified atom stereocenters. The van der Waals surface area contributed by atoms with Crippen molar-refractivity contribution in [2.45, 2.75) is 181 Å². The summed E-state index contributed by atoms with van der Waals surface area (Å²) in [7, 11) is 0. The monoisotopic (exact) mass is 436 g/mol. The topological polar surface area (TPSA) is 17.1 Å². The van der Waals surface area contributed by atoms with E-state index in [-0.39, 0.29) is 0 Å². The average molecular weight is 437 g/mol. The predicted molar refractivity (Wildman–Crippen MR) is 141 cm³/mol. The van der Waals surface area contributed by atoms with Gasteiger partial charge in [-0.05, 0) is 18.8 Å². The van der Waals surface area contributed by atoms with Gasteiger partial charge in [-0.25, -0.2) is 0 Å². The van der Waals surface area contributed by atoms with Crippen LogP contribution in [0, 0.1) is 5.92 Å². The first kappa shape index (κ1) is 30.7. The third-order valence-electron chi connectivity index (χ3n) is 7.07. The summed E-state index contributed by atoms with van der Waals surface area (Å²) in [4.78, 5) is 12.4. The summed E-state index contributed by atoms with van der Waals surface area (Å²) in [5, 5.41) is 0. The van der Waals surface area contributed by atoms with Crippen LogP contribution in [0.5, 0.6) is 0 Å². The Morgan fingerprint density at radius 2 is 0.774 bits per heavy atom. The summed E-state index contributed by atoms with van der Waals surface area (Å²) in [6, 6.07) is 0. The highest BCUT2D eigenvalue weighted by atomic mass is 16.1. The van der Waals surface area contributed by atoms with Crippen molar-refractivity contribution < 1.29 is 4.79 Å². The van der Waals surface area contributed by atoms with Crippen LogP contribution < -0.4 is 0 Å². The SMILES string of the molecule is CCCCCCCCCCC(CCCCCCCC)CCC(=O)CCCCCCCC. The van der Waals surface area contributed by atoms with Gasteiger partial charge in [0.1, 0.15) is 5.78 Å². The van der Waals surface area contributed by atoms with E-state index in [9.17, 15) is 4.79 Å². The van der Waals surface area contributed by atoms with E-state index in [4.69, 9.17) is 0 Å². The molecule has 0 aliphatic heterocycles. The van der Waals surface area contributed by atoms with Gasteiger partial charge in [0.15, 0.2) is 0 Å². The fourth-order valence-electron chi connectivity index (χ4n) is 4.81. The zero-order valence-electron chi connectivity index (χ0n) is 22.2. The Labute approximate surface area is 197 Å². The lowest BCUT2D eigenvalue weighted by Gasteiger charge is -2.17. The van der Waals surface area contributed by atoms with Crippen LogP contribution in [-0.2, 0) is 4.79 Å². The normalized spacial score (nSPS) is 12.4. The minimum absolute atomic E-state index is 0.541. The lowest BCUT2D eigenvalue weighted by molar-refractivity contribution is -0.119. The number of Topliss-reactive ketones (excluding diaryl/α,β-unsaturated/α-hetero) is 1. The second kappa shape index (κ2) is 25.9. The first-order valence-electron chi connectivity index (χ1n) is 14.8.